The second kappa shape index (κ2) is 6.66. The van der Waals surface area contributed by atoms with E-state index in [1.54, 1.807) is 20.8 Å². The molecule has 0 fully saturated rings. The summed E-state index contributed by atoms with van der Waals surface area (Å²) in [5, 5.41) is -0.923. The first-order chi connectivity index (χ1) is 8.14. The average Bonchev–Trinajstić information content (AvgIpc) is 2.15. The number of hydrogen-bond donors (Lipinski definition) is 0. The maximum absolute atomic E-state index is 11.8. The molecule has 0 saturated carbocycles. The summed E-state index contributed by atoms with van der Waals surface area (Å²) >= 11 is 0. The first-order valence-electron chi connectivity index (χ1n) is 5.82. The van der Waals surface area contributed by atoms with Crippen molar-refractivity contribution in [2.75, 3.05) is 5.75 Å². The minimum absolute atomic E-state index is 0.223. The highest BCUT2D eigenvalue weighted by molar-refractivity contribution is 8.07. The molecule has 0 aromatic carbocycles. The van der Waals surface area contributed by atoms with Crippen LogP contribution in [0, 0.1) is 0 Å². The summed E-state index contributed by atoms with van der Waals surface area (Å²) in [6.07, 6.45) is 2.00. The summed E-state index contributed by atoms with van der Waals surface area (Å²) < 4.78 is 28.4. The lowest BCUT2D eigenvalue weighted by atomic mass is 10.2. The van der Waals surface area contributed by atoms with Gasteiger partial charge in [-0.25, -0.2) is 13.2 Å². The van der Waals surface area contributed by atoms with Gasteiger partial charge in [0.2, 0.25) is 0 Å². The second-order valence-corrected chi connectivity index (χ2v) is 6.96. The summed E-state index contributed by atoms with van der Waals surface area (Å²) in [6.45, 7) is 6.73. The van der Waals surface area contributed by atoms with Crippen LogP contribution in [0.3, 0.4) is 0 Å². The molecule has 0 radical (unpaired) electrons. The molecule has 0 aliphatic carbocycles. The van der Waals surface area contributed by atoms with Gasteiger partial charge >= 0.3 is 11.0 Å². The van der Waals surface area contributed by atoms with E-state index < -0.39 is 26.5 Å². The maximum Gasteiger partial charge on any atom is 0.488 e. The normalized spacial score (nSPS) is 11.8. The molecule has 0 bridgehead atoms. The Labute approximate surface area is 108 Å². The van der Waals surface area contributed by atoms with Crippen LogP contribution in [0.1, 0.15) is 47.0 Å². The zero-order valence-electron chi connectivity index (χ0n) is 11.3. The summed E-state index contributed by atoms with van der Waals surface area (Å²) in [6, 6.07) is 0. The molecule has 0 aromatic rings. The molecule has 0 atom stereocenters. The molecule has 104 valence electrons. The number of ether oxygens (including phenoxy) is 1. The zero-order valence-corrected chi connectivity index (χ0v) is 12.1. The van der Waals surface area contributed by atoms with Gasteiger partial charge in [0.05, 0.1) is 5.75 Å². The average molecular weight is 276 g/mol. The van der Waals surface area contributed by atoms with Crippen LogP contribution in [0.2, 0.25) is 0 Å². The summed E-state index contributed by atoms with van der Waals surface area (Å²) in [4.78, 5) is 14.2. The fourth-order valence-corrected chi connectivity index (χ4v) is 2.39. The Morgan fingerprint density at radius 3 is 2.22 bits per heavy atom. The number of carbonyl (C=O) groups is 1. The molecular formula is C11H20N2O4S. The molecule has 0 aliphatic rings. The highest BCUT2D eigenvalue weighted by atomic mass is 32.2. The van der Waals surface area contributed by atoms with Gasteiger partial charge in [-0.2, -0.15) is 0 Å². The van der Waals surface area contributed by atoms with Gasteiger partial charge in [-0.05, 0) is 27.2 Å². The zero-order chi connectivity index (χ0) is 14.4. The Bertz CT molecular complexity index is 442. The van der Waals surface area contributed by atoms with Crippen LogP contribution in [0.25, 0.3) is 5.53 Å². The number of hydrogen-bond acceptors (Lipinski definition) is 4. The lowest BCUT2D eigenvalue weighted by molar-refractivity contribution is -0.150. The lowest BCUT2D eigenvalue weighted by Crippen LogP contribution is -2.35. The molecular weight excluding hydrogens is 256 g/mol. The van der Waals surface area contributed by atoms with Crippen molar-refractivity contribution in [3.05, 3.63) is 5.53 Å². The summed E-state index contributed by atoms with van der Waals surface area (Å²) in [5.41, 5.74) is 7.85. The van der Waals surface area contributed by atoms with Crippen molar-refractivity contribution >= 4 is 20.9 Å². The second-order valence-electron chi connectivity index (χ2n) is 4.93. The van der Waals surface area contributed by atoms with E-state index in [1.165, 1.54) is 0 Å². The highest BCUT2D eigenvalue weighted by Gasteiger charge is 2.39. The van der Waals surface area contributed by atoms with Crippen LogP contribution >= 0.6 is 0 Å². The molecule has 0 spiro atoms. The molecule has 0 aliphatic heterocycles. The minimum Gasteiger partial charge on any atom is -0.451 e. The van der Waals surface area contributed by atoms with Gasteiger partial charge in [-0.3, -0.25) is 0 Å². The van der Waals surface area contributed by atoms with Crippen molar-refractivity contribution in [1.29, 1.82) is 0 Å². The summed E-state index contributed by atoms with van der Waals surface area (Å²) in [5.74, 6) is -1.35. The van der Waals surface area contributed by atoms with Gasteiger partial charge in [-0.1, -0.05) is 19.8 Å². The molecule has 0 heterocycles. The van der Waals surface area contributed by atoms with Crippen LogP contribution in [0.4, 0.5) is 0 Å². The standard InChI is InChI=1S/C11H20N2O4S/c1-5-6-7-8-18(15,16)9(13-12)10(14)17-11(2,3)4/h5-8H2,1-4H3. The maximum atomic E-state index is 11.8. The third-order valence-electron chi connectivity index (χ3n) is 1.98. The van der Waals surface area contributed by atoms with Crippen LogP contribution < -0.4 is 0 Å². The lowest BCUT2D eigenvalue weighted by Gasteiger charge is -2.17. The molecule has 0 amide bonds. The third-order valence-corrected chi connectivity index (χ3v) is 3.64. The van der Waals surface area contributed by atoms with Gasteiger partial charge in [-0.15, -0.1) is 4.79 Å². The van der Waals surface area contributed by atoms with Crippen molar-refractivity contribution in [3.63, 3.8) is 0 Å². The number of carbonyl (C=O) groups excluding carboxylic acids is 1. The van der Waals surface area contributed by atoms with E-state index in [0.29, 0.717) is 6.42 Å². The number of nitrogens with zero attached hydrogens (tertiary/aromatic N) is 2. The monoisotopic (exact) mass is 276 g/mol. The molecule has 0 saturated heterocycles. The SMILES string of the molecule is CCCCCS(=O)(=O)C(=[N+]=[N-])C(=O)OC(C)(C)C. The van der Waals surface area contributed by atoms with E-state index >= 15 is 0 Å². The first-order valence-corrected chi connectivity index (χ1v) is 7.47. The van der Waals surface area contributed by atoms with E-state index in [1.807, 2.05) is 6.92 Å². The van der Waals surface area contributed by atoms with Crippen molar-refractivity contribution in [1.82, 2.24) is 0 Å². The quantitative estimate of drug-likeness (QED) is 0.194. The number of unbranched alkanes of at least 4 members (excludes halogenated alkanes) is 2. The highest BCUT2D eigenvalue weighted by Crippen LogP contribution is 2.10. The fourth-order valence-electron chi connectivity index (χ4n) is 1.19. The first kappa shape index (κ1) is 16.8. The topological polar surface area (TPSA) is 96.8 Å². The predicted molar refractivity (Wildman–Crippen MR) is 67.8 cm³/mol. The summed E-state index contributed by atoms with van der Waals surface area (Å²) in [7, 11) is -3.89. The van der Waals surface area contributed by atoms with Crippen molar-refractivity contribution < 1.29 is 22.7 Å². The van der Waals surface area contributed by atoms with Crippen LogP contribution in [-0.4, -0.2) is 35.6 Å². The molecule has 18 heavy (non-hydrogen) atoms. The third kappa shape index (κ3) is 5.93. The van der Waals surface area contributed by atoms with Crippen molar-refractivity contribution in [2.45, 2.75) is 52.6 Å². The smallest absolute Gasteiger partial charge is 0.451 e. The van der Waals surface area contributed by atoms with E-state index in [9.17, 15) is 13.2 Å². The van der Waals surface area contributed by atoms with Gasteiger partial charge in [0.15, 0.2) is 0 Å². The Hall–Kier alpha value is -1.20. The van der Waals surface area contributed by atoms with Crippen LogP contribution in [0.15, 0.2) is 0 Å². The predicted octanol–water partition coefficient (Wildman–Crippen LogP) is 1.56. The molecule has 0 N–H and O–H groups in total. The number of sulfone groups is 1. The van der Waals surface area contributed by atoms with Gasteiger partial charge < -0.3 is 10.3 Å². The molecule has 0 aromatic heterocycles. The van der Waals surface area contributed by atoms with Crippen molar-refractivity contribution in [2.24, 2.45) is 0 Å². The van der Waals surface area contributed by atoms with Gasteiger partial charge in [0.1, 0.15) is 5.60 Å². The van der Waals surface area contributed by atoms with Crippen molar-refractivity contribution in [3.8, 4) is 0 Å². The van der Waals surface area contributed by atoms with E-state index in [-0.39, 0.29) is 5.75 Å². The fraction of sp³-hybridized carbons (Fsp3) is 0.818. The Morgan fingerprint density at radius 2 is 1.83 bits per heavy atom. The molecule has 0 rings (SSSR count). The van der Waals surface area contributed by atoms with Gasteiger partial charge in [0.25, 0.3) is 9.84 Å². The molecule has 0 unspecified atom stereocenters. The Balaban J connectivity index is 4.89. The van der Waals surface area contributed by atoms with E-state index in [2.05, 4.69) is 4.79 Å². The van der Waals surface area contributed by atoms with E-state index in [0.717, 1.165) is 12.8 Å². The van der Waals surface area contributed by atoms with Crippen LogP contribution in [0.5, 0.6) is 0 Å². The minimum atomic E-state index is -3.89. The van der Waals surface area contributed by atoms with Gasteiger partial charge in [0, 0.05) is 0 Å². The Morgan fingerprint density at radius 1 is 1.28 bits per heavy atom. The number of rotatable bonds is 4. The number of esters is 1. The molecule has 7 heteroatoms. The molecule has 6 nitrogen and oxygen atoms in total. The van der Waals surface area contributed by atoms with Crippen LogP contribution in [-0.2, 0) is 19.4 Å². The Kier molecular flexibility index (Phi) is 6.21. The largest absolute Gasteiger partial charge is 0.488 e. The van der Waals surface area contributed by atoms with E-state index in [4.69, 9.17) is 10.3 Å².